The smallest absolute Gasteiger partial charge is 0.324 e. The molecule has 1 rings (SSSR count). The number of hydrogen-bond acceptors (Lipinski definition) is 3. The molecule has 1 aliphatic carbocycles. The highest BCUT2D eigenvalue weighted by Crippen LogP contribution is 2.29. The first-order valence-corrected chi connectivity index (χ1v) is 2.44. The quantitative estimate of drug-likeness (QED) is 0.364. The lowest BCUT2D eigenvalue weighted by Crippen LogP contribution is -2.00. The molecule has 3 heteroatoms. The Morgan fingerprint density at radius 2 is 2.38 bits per heavy atom. The maximum atomic E-state index is 10.4. The molecule has 0 radical (unpaired) electrons. The van der Waals surface area contributed by atoms with Crippen molar-refractivity contribution >= 4 is 5.97 Å². The average molecular weight is 111 g/mol. The van der Waals surface area contributed by atoms with Crippen molar-refractivity contribution < 1.29 is 9.53 Å². The van der Waals surface area contributed by atoms with Gasteiger partial charge < -0.3 is 4.74 Å². The summed E-state index contributed by atoms with van der Waals surface area (Å²) in [6.45, 7) is 0. The molecular weight excluding hydrogens is 106 g/mol. The molecule has 0 heterocycles. The molecular formula is C5H5NO2. The van der Waals surface area contributed by atoms with Gasteiger partial charge in [0, 0.05) is 0 Å². The van der Waals surface area contributed by atoms with E-state index < -0.39 is 0 Å². The van der Waals surface area contributed by atoms with Crippen LogP contribution in [0.1, 0.15) is 12.8 Å². The summed E-state index contributed by atoms with van der Waals surface area (Å²) in [5.74, 6) is -0.331. The number of nitriles is 1. The van der Waals surface area contributed by atoms with E-state index in [1.165, 1.54) is 6.26 Å². The molecule has 0 unspecified atom stereocenters. The Morgan fingerprint density at radius 3 is 2.75 bits per heavy atom. The minimum atomic E-state index is -0.368. The Morgan fingerprint density at radius 1 is 1.75 bits per heavy atom. The van der Waals surface area contributed by atoms with Crippen LogP contribution in [0.2, 0.25) is 0 Å². The molecule has 3 nitrogen and oxygen atoms in total. The summed E-state index contributed by atoms with van der Waals surface area (Å²) in [7, 11) is 0. The molecule has 1 saturated carbocycles. The molecule has 0 aromatic heterocycles. The van der Waals surface area contributed by atoms with Gasteiger partial charge in [0.1, 0.15) is 0 Å². The van der Waals surface area contributed by atoms with Crippen LogP contribution >= 0.6 is 0 Å². The van der Waals surface area contributed by atoms with Gasteiger partial charge in [0.15, 0.2) is 0 Å². The highest BCUT2D eigenvalue weighted by atomic mass is 16.5. The van der Waals surface area contributed by atoms with Crippen molar-refractivity contribution in [1.29, 1.82) is 5.26 Å². The second-order valence-corrected chi connectivity index (χ2v) is 1.79. The summed E-state index contributed by atoms with van der Waals surface area (Å²) < 4.78 is 4.03. The zero-order valence-corrected chi connectivity index (χ0v) is 4.26. The predicted octanol–water partition coefficient (Wildman–Crippen LogP) is 0.421. The number of esters is 1. The van der Waals surface area contributed by atoms with E-state index >= 15 is 0 Å². The summed E-state index contributed by atoms with van der Waals surface area (Å²) >= 11 is 0. The summed E-state index contributed by atoms with van der Waals surface area (Å²) in [5.41, 5.74) is 0. The van der Waals surface area contributed by atoms with E-state index in [-0.39, 0.29) is 11.9 Å². The summed E-state index contributed by atoms with van der Waals surface area (Å²) in [4.78, 5) is 10.4. The number of rotatable bonds is 1. The fourth-order valence-electron chi connectivity index (χ4n) is 0.447. The SMILES string of the molecule is N#COC(=O)C1CC1. The fourth-order valence-corrected chi connectivity index (χ4v) is 0.447. The Balaban J connectivity index is 2.26. The third-order valence-electron chi connectivity index (χ3n) is 1.06. The van der Waals surface area contributed by atoms with Gasteiger partial charge in [-0.05, 0) is 12.8 Å². The van der Waals surface area contributed by atoms with Crippen LogP contribution in [0.25, 0.3) is 0 Å². The number of carbonyl (C=O) groups is 1. The van der Waals surface area contributed by atoms with E-state index in [0.717, 1.165) is 12.8 Å². The monoisotopic (exact) mass is 111 g/mol. The zero-order chi connectivity index (χ0) is 5.98. The van der Waals surface area contributed by atoms with Gasteiger partial charge in [0.05, 0.1) is 5.92 Å². The van der Waals surface area contributed by atoms with E-state index in [2.05, 4.69) is 4.74 Å². The van der Waals surface area contributed by atoms with Gasteiger partial charge in [-0.1, -0.05) is 0 Å². The molecule has 1 fully saturated rings. The molecule has 0 amide bonds. The van der Waals surface area contributed by atoms with Gasteiger partial charge in [-0.25, -0.2) is 0 Å². The van der Waals surface area contributed by atoms with Crippen molar-refractivity contribution in [2.45, 2.75) is 12.8 Å². The maximum absolute atomic E-state index is 10.4. The first kappa shape index (κ1) is 5.10. The molecule has 0 spiro atoms. The Hall–Kier alpha value is -1.04. The van der Waals surface area contributed by atoms with Crippen LogP contribution in [-0.2, 0) is 9.53 Å². The average Bonchev–Trinajstić information content (AvgIpc) is 2.45. The van der Waals surface area contributed by atoms with E-state index in [1.54, 1.807) is 0 Å². The van der Waals surface area contributed by atoms with Crippen molar-refractivity contribution in [1.82, 2.24) is 0 Å². The van der Waals surface area contributed by atoms with E-state index in [1.807, 2.05) is 0 Å². The second kappa shape index (κ2) is 1.83. The van der Waals surface area contributed by atoms with Crippen LogP contribution < -0.4 is 0 Å². The molecule has 0 N–H and O–H groups in total. The maximum Gasteiger partial charge on any atom is 0.324 e. The highest BCUT2D eigenvalue weighted by Gasteiger charge is 2.31. The van der Waals surface area contributed by atoms with Crippen LogP contribution in [0.3, 0.4) is 0 Å². The van der Waals surface area contributed by atoms with Gasteiger partial charge in [-0.3, -0.25) is 4.79 Å². The number of hydrogen-bond donors (Lipinski definition) is 0. The molecule has 0 aromatic rings. The largest absolute Gasteiger partial charge is 0.351 e. The van der Waals surface area contributed by atoms with Gasteiger partial charge >= 0.3 is 5.97 Å². The lowest BCUT2D eigenvalue weighted by atomic mass is 10.4. The van der Waals surface area contributed by atoms with Crippen LogP contribution in [0.5, 0.6) is 0 Å². The minimum absolute atomic E-state index is 0.0367. The summed E-state index contributed by atoms with van der Waals surface area (Å²) in [5, 5.41) is 7.82. The first-order chi connectivity index (χ1) is 3.84. The van der Waals surface area contributed by atoms with Crippen molar-refractivity contribution in [2.75, 3.05) is 0 Å². The van der Waals surface area contributed by atoms with E-state index in [4.69, 9.17) is 5.26 Å². The zero-order valence-electron chi connectivity index (χ0n) is 4.26. The second-order valence-electron chi connectivity index (χ2n) is 1.79. The van der Waals surface area contributed by atoms with Gasteiger partial charge in [-0.15, -0.1) is 5.26 Å². The summed E-state index contributed by atoms with van der Waals surface area (Å²) in [6.07, 6.45) is 3.12. The van der Waals surface area contributed by atoms with Crippen molar-refractivity contribution in [2.24, 2.45) is 5.92 Å². The fraction of sp³-hybridized carbons (Fsp3) is 0.600. The van der Waals surface area contributed by atoms with Gasteiger partial charge in [0.2, 0.25) is 0 Å². The van der Waals surface area contributed by atoms with Crippen molar-refractivity contribution in [3.05, 3.63) is 0 Å². The number of carbonyl (C=O) groups excluding carboxylic acids is 1. The van der Waals surface area contributed by atoms with Crippen LogP contribution in [-0.4, -0.2) is 5.97 Å². The minimum Gasteiger partial charge on any atom is -0.351 e. The third kappa shape index (κ3) is 0.969. The Labute approximate surface area is 46.9 Å². The van der Waals surface area contributed by atoms with Gasteiger partial charge in [-0.2, -0.15) is 0 Å². The lowest BCUT2D eigenvalue weighted by molar-refractivity contribution is -0.138. The molecule has 0 atom stereocenters. The Kier molecular flexibility index (Phi) is 1.17. The van der Waals surface area contributed by atoms with E-state index in [9.17, 15) is 4.79 Å². The molecule has 42 valence electrons. The van der Waals surface area contributed by atoms with Gasteiger partial charge in [0.25, 0.3) is 6.26 Å². The Bertz CT molecular complexity index is 143. The van der Waals surface area contributed by atoms with Crippen LogP contribution in [0, 0.1) is 17.4 Å². The predicted molar refractivity (Wildman–Crippen MR) is 24.4 cm³/mol. The lowest BCUT2D eigenvalue weighted by Gasteiger charge is -1.85. The third-order valence-corrected chi connectivity index (χ3v) is 1.06. The van der Waals surface area contributed by atoms with Crippen molar-refractivity contribution in [3.8, 4) is 6.26 Å². The highest BCUT2D eigenvalue weighted by molar-refractivity contribution is 5.75. The topological polar surface area (TPSA) is 50.1 Å². The molecule has 0 aliphatic heterocycles. The number of ether oxygens (including phenoxy) is 1. The van der Waals surface area contributed by atoms with Crippen LogP contribution in [0.15, 0.2) is 0 Å². The van der Waals surface area contributed by atoms with Crippen LogP contribution in [0.4, 0.5) is 0 Å². The molecule has 1 aliphatic rings. The standard InChI is InChI=1S/C5H5NO2/c6-3-8-5(7)4-1-2-4/h4H,1-2H2. The van der Waals surface area contributed by atoms with E-state index in [0.29, 0.717) is 0 Å². The van der Waals surface area contributed by atoms with Crippen molar-refractivity contribution in [3.63, 3.8) is 0 Å². The summed E-state index contributed by atoms with van der Waals surface area (Å²) in [6, 6.07) is 0. The molecule has 0 saturated heterocycles. The number of nitrogens with zero attached hydrogens (tertiary/aromatic N) is 1. The molecule has 0 bridgehead atoms. The first-order valence-electron chi connectivity index (χ1n) is 2.44. The normalized spacial score (nSPS) is 16.9. The molecule has 0 aromatic carbocycles. The molecule has 8 heavy (non-hydrogen) atoms.